The SMILES string of the molecule is O=C(CNc1cc(F)ccc1[N+](=O)[O-])N1CCCc2ccccc21. The molecular formula is C17H16FN3O3. The summed E-state index contributed by atoms with van der Waals surface area (Å²) in [7, 11) is 0. The predicted octanol–water partition coefficient (Wildman–Crippen LogP) is 3.13. The van der Waals surface area contributed by atoms with Crippen LogP contribution in [0, 0.1) is 15.9 Å². The third-order valence-corrected chi connectivity index (χ3v) is 4.00. The third kappa shape index (κ3) is 3.19. The molecule has 0 atom stereocenters. The normalized spacial score (nSPS) is 13.3. The van der Waals surface area contributed by atoms with Crippen molar-refractivity contribution in [2.45, 2.75) is 12.8 Å². The first-order chi connectivity index (χ1) is 11.6. The highest BCUT2D eigenvalue weighted by molar-refractivity contribution is 5.97. The summed E-state index contributed by atoms with van der Waals surface area (Å²) in [4.78, 5) is 24.5. The van der Waals surface area contributed by atoms with E-state index in [0.29, 0.717) is 6.54 Å². The highest BCUT2D eigenvalue weighted by Crippen LogP contribution is 2.28. The molecule has 3 rings (SSSR count). The maximum Gasteiger partial charge on any atom is 0.292 e. The molecule has 0 aromatic heterocycles. The van der Waals surface area contributed by atoms with Gasteiger partial charge in [0.2, 0.25) is 5.91 Å². The molecule has 0 fully saturated rings. The number of para-hydroxylation sites is 1. The van der Waals surface area contributed by atoms with Gasteiger partial charge in [-0.1, -0.05) is 18.2 Å². The number of benzene rings is 2. The van der Waals surface area contributed by atoms with Gasteiger partial charge in [0, 0.05) is 24.4 Å². The van der Waals surface area contributed by atoms with Crippen LogP contribution in [0.25, 0.3) is 0 Å². The predicted molar refractivity (Wildman–Crippen MR) is 88.7 cm³/mol. The van der Waals surface area contributed by atoms with Gasteiger partial charge in [0.25, 0.3) is 5.69 Å². The molecule has 1 N–H and O–H groups in total. The van der Waals surface area contributed by atoms with E-state index in [1.165, 1.54) is 0 Å². The van der Waals surface area contributed by atoms with E-state index in [4.69, 9.17) is 0 Å². The summed E-state index contributed by atoms with van der Waals surface area (Å²) in [6.07, 6.45) is 1.78. The molecule has 1 aliphatic heterocycles. The van der Waals surface area contributed by atoms with Crippen molar-refractivity contribution < 1.29 is 14.1 Å². The van der Waals surface area contributed by atoms with Crippen molar-refractivity contribution in [3.05, 3.63) is 64.0 Å². The number of amides is 1. The minimum atomic E-state index is -0.609. The Kier molecular flexibility index (Phi) is 4.41. The molecule has 0 radical (unpaired) electrons. The summed E-state index contributed by atoms with van der Waals surface area (Å²) in [6, 6.07) is 10.8. The number of nitrogens with zero attached hydrogens (tertiary/aromatic N) is 2. The second-order valence-corrected chi connectivity index (χ2v) is 5.55. The van der Waals surface area contributed by atoms with E-state index in [2.05, 4.69) is 5.32 Å². The van der Waals surface area contributed by atoms with Crippen molar-refractivity contribution in [3.63, 3.8) is 0 Å². The summed E-state index contributed by atoms with van der Waals surface area (Å²) < 4.78 is 13.3. The summed E-state index contributed by atoms with van der Waals surface area (Å²) in [5.41, 5.74) is 1.71. The van der Waals surface area contributed by atoms with Crippen molar-refractivity contribution >= 4 is 23.0 Å². The van der Waals surface area contributed by atoms with E-state index >= 15 is 0 Å². The number of nitrogens with one attached hydrogen (secondary N) is 1. The molecule has 1 heterocycles. The fourth-order valence-corrected chi connectivity index (χ4v) is 2.87. The topological polar surface area (TPSA) is 75.5 Å². The van der Waals surface area contributed by atoms with Crippen LogP contribution >= 0.6 is 0 Å². The lowest BCUT2D eigenvalue weighted by Gasteiger charge is -2.29. The monoisotopic (exact) mass is 329 g/mol. The number of hydrogen-bond acceptors (Lipinski definition) is 4. The Morgan fingerprint density at radius 1 is 1.29 bits per heavy atom. The van der Waals surface area contributed by atoms with Crippen LogP contribution < -0.4 is 10.2 Å². The second kappa shape index (κ2) is 6.66. The molecule has 6 nitrogen and oxygen atoms in total. The van der Waals surface area contributed by atoms with Gasteiger partial charge >= 0.3 is 0 Å². The molecule has 0 saturated heterocycles. The quantitative estimate of drug-likeness (QED) is 0.691. The van der Waals surface area contributed by atoms with Crippen LogP contribution in [0.3, 0.4) is 0 Å². The largest absolute Gasteiger partial charge is 0.370 e. The van der Waals surface area contributed by atoms with Crippen LogP contribution in [-0.2, 0) is 11.2 Å². The molecule has 7 heteroatoms. The number of carbonyl (C=O) groups excluding carboxylic acids is 1. The van der Waals surface area contributed by atoms with Gasteiger partial charge in [0.15, 0.2) is 0 Å². The molecule has 0 spiro atoms. The van der Waals surface area contributed by atoms with Crippen molar-refractivity contribution in [3.8, 4) is 0 Å². The minimum absolute atomic E-state index is 0.00126. The fourth-order valence-electron chi connectivity index (χ4n) is 2.87. The van der Waals surface area contributed by atoms with Crippen molar-refractivity contribution in [1.29, 1.82) is 0 Å². The molecule has 0 saturated carbocycles. The zero-order valence-corrected chi connectivity index (χ0v) is 12.9. The first-order valence-electron chi connectivity index (χ1n) is 7.62. The number of rotatable bonds is 4. The van der Waals surface area contributed by atoms with Crippen LogP contribution in [0.1, 0.15) is 12.0 Å². The Labute approximate surface area is 138 Å². The van der Waals surface area contributed by atoms with Crippen LogP contribution in [-0.4, -0.2) is 23.9 Å². The molecule has 0 bridgehead atoms. The average molecular weight is 329 g/mol. The Morgan fingerprint density at radius 2 is 2.08 bits per heavy atom. The van der Waals surface area contributed by atoms with E-state index in [1.807, 2.05) is 24.3 Å². The zero-order chi connectivity index (χ0) is 17.1. The molecule has 0 unspecified atom stereocenters. The second-order valence-electron chi connectivity index (χ2n) is 5.55. The number of anilines is 2. The number of halogens is 1. The van der Waals surface area contributed by atoms with Gasteiger partial charge in [0.05, 0.1) is 11.5 Å². The Balaban J connectivity index is 1.76. The lowest BCUT2D eigenvalue weighted by Crippen LogP contribution is -2.39. The molecular weight excluding hydrogens is 313 g/mol. The highest BCUT2D eigenvalue weighted by Gasteiger charge is 2.23. The van der Waals surface area contributed by atoms with Gasteiger partial charge in [0.1, 0.15) is 11.5 Å². The number of carbonyl (C=O) groups is 1. The van der Waals surface area contributed by atoms with Gasteiger partial charge in [-0.15, -0.1) is 0 Å². The fraction of sp³-hybridized carbons (Fsp3) is 0.235. The molecule has 2 aromatic carbocycles. The van der Waals surface area contributed by atoms with Crippen molar-refractivity contribution in [2.24, 2.45) is 0 Å². The lowest BCUT2D eigenvalue weighted by atomic mass is 10.0. The summed E-state index contributed by atoms with van der Waals surface area (Å²) in [5, 5.41) is 13.7. The Morgan fingerprint density at radius 3 is 2.88 bits per heavy atom. The number of fused-ring (bicyclic) bond motifs is 1. The number of hydrogen-bond donors (Lipinski definition) is 1. The van der Waals surface area contributed by atoms with Crippen LogP contribution in [0.2, 0.25) is 0 Å². The van der Waals surface area contributed by atoms with Crippen molar-refractivity contribution in [1.82, 2.24) is 0 Å². The highest BCUT2D eigenvalue weighted by atomic mass is 19.1. The first kappa shape index (κ1) is 15.9. The number of nitro benzene ring substituents is 1. The van der Waals surface area contributed by atoms with Gasteiger partial charge < -0.3 is 10.2 Å². The number of aryl methyl sites for hydroxylation is 1. The van der Waals surface area contributed by atoms with Crippen LogP contribution in [0.5, 0.6) is 0 Å². The van der Waals surface area contributed by atoms with Crippen LogP contribution in [0.15, 0.2) is 42.5 Å². The maximum atomic E-state index is 13.3. The Bertz CT molecular complexity index is 794. The van der Waals surface area contributed by atoms with Crippen LogP contribution in [0.4, 0.5) is 21.5 Å². The van der Waals surface area contributed by atoms with E-state index in [-0.39, 0.29) is 23.8 Å². The maximum absolute atomic E-state index is 13.3. The molecule has 2 aromatic rings. The van der Waals surface area contributed by atoms with Crippen molar-refractivity contribution in [2.75, 3.05) is 23.3 Å². The number of nitro groups is 1. The lowest BCUT2D eigenvalue weighted by molar-refractivity contribution is -0.384. The van der Waals surface area contributed by atoms with E-state index < -0.39 is 10.7 Å². The van der Waals surface area contributed by atoms with E-state index in [9.17, 15) is 19.3 Å². The van der Waals surface area contributed by atoms with E-state index in [0.717, 1.165) is 42.3 Å². The molecule has 1 amide bonds. The van der Waals surface area contributed by atoms with Gasteiger partial charge in [-0.2, -0.15) is 0 Å². The molecule has 24 heavy (non-hydrogen) atoms. The van der Waals surface area contributed by atoms with Gasteiger partial charge in [-0.25, -0.2) is 4.39 Å². The standard InChI is InChI=1S/C17H16FN3O3/c18-13-7-8-16(21(23)24)14(10-13)19-11-17(22)20-9-3-5-12-4-1-2-6-15(12)20/h1-2,4,6-8,10,19H,3,5,9,11H2. The smallest absolute Gasteiger partial charge is 0.292 e. The van der Waals surface area contributed by atoms with Gasteiger partial charge in [-0.05, 0) is 30.5 Å². The molecule has 1 aliphatic rings. The molecule has 124 valence electrons. The summed E-state index contributed by atoms with van der Waals surface area (Å²) in [6.45, 7) is 0.460. The average Bonchev–Trinajstić information content (AvgIpc) is 2.59. The summed E-state index contributed by atoms with van der Waals surface area (Å²) in [5.74, 6) is -0.806. The van der Waals surface area contributed by atoms with Gasteiger partial charge in [-0.3, -0.25) is 14.9 Å². The zero-order valence-electron chi connectivity index (χ0n) is 12.9. The third-order valence-electron chi connectivity index (χ3n) is 4.00. The molecule has 0 aliphatic carbocycles. The summed E-state index contributed by atoms with van der Waals surface area (Å²) >= 11 is 0. The van der Waals surface area contributed by atoms with E-state index in [1.54, 1.807) is 4.90 Å². The Hall–Kier alpha value is -2.96. The first-order valence-corrected chi connectivity index (χ1v) is 7.62. The minimum Gasteiger partial charge on any atom is -0.370 e.